The van der Waals surface area contributed by atoms with Crippen LogP contribution < -0.4 is 11.0 Å². The number of carbonyl (C=O) groups is 1. The van der Waals surface area contributed by atoms with E-state index in [2.05, 4.69) is 10.4 Å². The van der Waals surface area contributed by atoms with E-state index in [4.69, 9.17) is 11.6 Å². The maximum Gasteiger partial charge on any atom is 0.416 e. The molecule has 0 fully saturated rings. The van der Waals surface area contributed by atoms with Crippen LogP contribution in [0.5, 0.6) is 0 Å². The van der Waals surface area contributed by atoms with Crippen molar-refractivity contribution < 1.29 is 22.4 Å². The number of halogens is 5. The number of aldehydes is 1. The monoisotopic (exact) mass is 534 g/mol. The number of aromatic nitrogens is 3. The van der Waals surface area contributed by atoms with Crippen molar-refractivity contribution in [2.45, 2.75) is 25.8 Å². The molecule has 3 aromatic carbocycles. The Morgan fingerprint density at radius 2 is 1.59 bits per heavy atom. The van der Waals surface area contributed by atoms with E-state index in [9.17, 15) is 27.2 Å². The molecule has 6 nitrogen and oxygen atoms in total. The molecule has 4 rings (SSSR count). The molecule has 4 aromatic rings. The second-order valence-corrected chi connectivity index (χ2v) is 8.26. The first-order valence-corrected chi connectivity index (χ1v) is 11.4. The standard InChI is InChI=1S/C17H13ClFN3O2.C9H10F3N/c18-14-7-5-12(6-8-14)16-20-22(9-10-23)17(24)21(16)11-13-3-1-2-4-15(13)19;1-13-6-7-4-2-3-5-8(7)9(10,11)12/h1-8,10H,9,11H2;2-5,13H,6H2,1H3. The Balaban J connectivity index is 0.000000248. The topological polar surface area (TPSA) is 68.9 Å². The molecule has 0 saturated heterocycles. The van der Waals surface area contributed by atoms with E-state index in [0.717, 1.165) is 10.7 Å². The first-order valence-electron chi connectivity index (χ1n) is 11.1. The minimum atomic E-state index is -4.26. The zero-order chi connectivity index (χ0) is 27.0. The Labute approximate surface area is 215 Å². The normalized spacial score (nSPS) is 11.1. The van der Waals surface area contributed by atoms with E-state index in [1.165, 1.54) is 22.8 Å². The molecule has 1 N–H and O–H groups in total. The third-order valence-corrected chi connectivity index (χ3v) is 5.50. The predicted octanol–water partition coefficient (Wildman–Crippen LogP) is 5.18. The number of nitrogens with zero attached hydrogens (tertiary/aromatic N) is 3. The zero-order valence-electron chi connectivity index (χ0n) is 19.7. The Morgan fingerprint density at radius 1 is 0.973 bits per heavy atom. The quantitative estimate of drug-likeness (QED) is 0.262. The molecule has 0 aliphatic carbocycles. The van der Waals surface area contributed by atoms with Crippen molar-refractivity contribution in [2.75, 3.05) is 7.05 Å². The fourth-order valence-electron chi connectivity index (χ4n) is 3.52. The third kappa shape index (κ3) is 7.14. The van der Waals surface area contributed by atoms with E-state index in [1.807, 2.05) is 0 Å². The van der Waals surface area contributed by atoms with Crippen molar-refractivity contribution in [3.8, 4) is 11.4 Å². The van der Waals surface area contributed by atoms with E-state index >= 15 is 0 Å². The van der Waals surface area contributed by atoms with Crippen LogP contribution in [0.1, 0.15) is 16.7 Å². The molecule has 194 valence electrons. The van der Waals surface area contributed by atoms with Crippen LogP contribution in [0.25, 0.3) is 11.4 Å². The molecule has 0 aliphatic heterocycles. The van der Waals surface area contributed by atoms with Gasteiger partial charge in [0.2, 0.25) is 0 Å². The van der Waals surface area contributed by atoms with Gasteiger partial charge in [-0.05, 0) is 49.0 Å². The summed E-state index contributed by atoms with van der Waals surface area (Å²) in [6.07, 6.45) is -3.67. The Kier molecular flexibility index (Phi) is 9.37. The molecule has 0 saturated carbocycles. The van der Waals surface area contributed by atoms with Crippen molar-refractivity contribution in [3.05, 3.63) is 111 Å². The van der Waals surface area contributed by atoms with Crippen molar-refractivity contribution in [1.82, 2.24) is 19.7 Å². The molecular weight excluding hydrogens is 512 g/mol. The molecule has 0 aliphatic rings. The lowest BCUT2D eigenvalue weighted by Gasteiger charge is -2.11. The molecule has 1 aromatic heterocycles. The van der Waals surface area contributed by atoms with Gasteiger partial charge < -0.3 is 10.1 Å². The van der Waals surface area contributed by atoms with Crippen LogP contribution in [0.15, 0.2) is 77.6 Å². The summed E-state index contributed by atoms with van der Waals surface area (Å²) in [5, 5.41) is 7.44. The average molecular weight is 535 g/mol. The van der Waals surface area contributed by atoms with Gasteiger partial charge in [-0.1, -0.05) is 48.0 Å². The van der Waals surface area contributed by atoms with Crippen molar-refractivity contribution >= 4 is 17.9 Å². The summed E-state index contributed by atoms with van der Waals surface area (Å²) in [5.41, 5.74) is 0.245. The van der Waals surface area contributed by atoms with Crippen molar-refractivity contribution in [1.29, 1.82) is 0 Å². The van der Waals surface area contributed by atoms with Gasteiger partial charge in [-0.3, -0.25) is 4.57 Å². The van der Waals surface area contributed by atoms with Crippen LogP contribution in [-0.4, -0.2) is 27.7 Å². The predicted molar refractivity (Wildman–Crippen MR) is 133 cm³/mol. The SMILES string of the molecule is CNCc1ccccc1C(F)(F)F.O=CCn1nc(-c2ccc(Cl)cc2)n(Cc2ccccc2F)c1=O. The van der Waals surface area contributed by atoms with Crippen LogP contribution in [0, 0.1) is 5.82 Å². The van der Waals surface area contributed by atoms with Crippen LogP contribution in [0.2, 0.25) is 5.02 Å². The molecule has 1 heterocycles. The van der Waals surface area contributed by atoms with E-state index in [-0.39, 0.29) is 25.2 Å². The van der Waals surface area contributed by atoms with Crippen molar-refractivity contribution in [3.63, 3.8) is 0 Å². The summed E-state index contributed by atoms with van der Waals surface area (Å²) in [4.78, 5) is 23.2. The highest BCUT2D eigenvalue weighted by Crippen LogP contribution is 2.31. The summed E-state index contributed by atoms with van der Waals surface area (Å²) >= 11 is 5.89. The molecule has 0 spiro atoms. The maximum absolute atomic E-state index is 13.9. The van der Waals surface area contributed by atoms with Gasteiger partial charge in [0.15, 0.2) is 5.82 Å². The van der Waals surface area contributed by atoms with E-state index < -0.39 is 23.2 Å². The lowest BCUT2D eigenvalue weighted by atomic mass is 10.1. The van der Waals surface area contributed by atoms with Crippen molar-refractivity contribution in [2.24, 2.45) is 0 Å². The van der Waals surface area contributed by atoms with Gasteiger partial charge in [0.1, 0.15) is 18.6 Å². The van der Waals surface area contributed by atoms with Gasteiger partial charge in [-0.25, -0.2) is 13.9 Å². The summed E-state index contributed by atoms with van der Waals surface area (Å²) < 4.78 is 53.4. The highest BCUT2D eigenvalue weighted by atomic mass is 35.5. The number of carbonyl (C=O) groups excluding carboxylic acids is 1. The lowest BCUT2D eigenvalue weighted by molar-refractivity contribution is -0.138. The number of benzene rings is 3. The summed E-state index contributed by atoms with van der Waals surface area (Å²) in [5.74, 6) is -0.0589. The number of nitrogens with one attached hydrogen (secondary N) is 1. The number of hydrogen-bond acceptors (Lipinski definition) is 4. The number of rotatable bonds is 7. The summed E-state index contributed by atoms with van der Waals surface area (Å²) in [7, 11) is 1.62. The lowest BCUT2D eigenvalue weighted by Crippen LogP contribution is -2.26. The second kappa shape index (κ2) is 12.5. The maximum atomic E-state index is 13.9. The highest BCUT2D eigenvalue weighted by Gasteiger charge is 2.32. The molecule has 37 heavy (non-hydrogen) atoms. The van der Waals surface area contributed by atoms with Crippen LogP contribution >= 0.6 is 11.6 Å². The summed E-state index contributed by atoms with van der Waals surface area (Å²) in [6.45, 7) is 0.0850. The molecule has 0 bridgehead atoms. The van der Waals surface area contributed by atoms with Gasteiger partial charge in [-0.15, -0.1) is 5.10 Å². The third-order valence-electron chi connectivity index (χ3n) is 5.25. The minimum absolute atomic E-state index is 0.0162. The van der Waals surface area contributed by atoms with Crippen LogP contribution in [0.3, 0.4) is 0 Å². The van der Waals surface area contributed by atoms with E-state index in [1.54, 1.807) is 55.6 Å². The average Bonchev–Trinajstić information content (AvgIpc) is 3.16. The van der Waals surface area contributed by atoms with Gasteiger partial charge in [0.05, 0.1) is 12.1 Å². The zero-order valence-corrected chi connectivity index (χ0v) is 20.4. The van der Waals surface area contributed by atoms with Gasteiger partial charge in [0.25, 0.3) is 0 Å². The Morgan fingerprint density at radius 3 is 2.19 bits per heavy atom. The fraction of sp³-hybridized carbons (Fsp3) is 0.192. The molecule has 0 amide bonds. The van der Waals surface area contributed by atoms with Crippen LogP contribution in [-0.2, 0) is 30.6 Å². The van der Waals surface area contributed by atoms with E-state index in [0.29, 0.717) is 28.3 Å². The number of alkyl halides is 3. The Hall–Kier alpha value is -3.76. The van der Waals surface area contributed by atoms with Gasteiger partial charge in [-0.2, -0.15) is 13.2 Å². The van der Waals surface area contributed by atoms with Gasteiger partial charge in [0, 0.05) is 22.7 Å². The first kappa shape index (κ1) is 27.8. The van der Waals surface area contributed by atoms with Crippen LogP contribution in [0.4, 0.5) is 17.6 Å². The molecule has 0 atom stereocenters. The largest absolute Gasteiger partial charge is 0.416 e. The molecule has 11 heteroatoms. The fourth-order valence-corrected chi connectivity index (χ4v) is 3.65. The van der Waals surface area contributed by atoms with Gasteiger partial charge >= 0.3 is 11.9 Å². The highest BCUT2D eigenvalue weighted by molar-refractivity contribution is 6.30. The first-order chi connectivity index (χ1) is 17.7. The molecule has 0 unspecified atom stereocenters. The minimum Gasteiger partial charge on any atom is -0.316 e. The molecule has 0 radical (unpaired) electrons. The molecular formula is C26H23ClF4N4O2. The smallest absolute Gasteiger partial charge is 0.316 e. The number of hydrogen-bond donors (Lipinski definition) is 1. The summed E-state index contributed by atoms with van der Waals surface area (Å²) in [6, 6.07) is 18.5. The second-order valence-electron chi connectivity index (χ2n) is 7.82. The Bertz CT molecular complexity index is 1400.